The van der Waals surface area contributed by atoms with Crippen molar-refractivity contribution in [1.82, 2.24) is 19.5 Å². The van der Waals surface area contributed by atoms with Gasteiger partial charge in [0.2, 0.25) is 5.95 Å². The molecule has 174 valence electrons. The molecule has 0 spiro atoms. The second-order valence-corrected chi connectivity index (χ2v) is 8.75. The van der Waals surface area contributed by atoms with Gasteiger partial charge in [-0.1, -0.05) is 43.2 Å². The first-order valence-corrected chi connectivity index (χ1v) is 11.3. The van der Waals surface area contributed by atoms with Crippen molar-refractivity contribution in [3.63, 3.8) is 0 Å². The molecule has 0 bridgehead atoms. The predicted molar refractivity (Wildman–Crippen MR) is 135 cm³/mol. The van der Waals surface area contributed by atoms with Crippen LogP contribution in [0.4, 0.5) is 11.8 Å². The van der Waals surface area contributed by atoms with Gasteiger partial charge in [-0.2, -0.15) is 9.97 Å². The topological polar surface area (TPSA) is 93.7 Å². The highest BCUT2D eigenvalue weighted by Crippen LogP contribution is 2.33. The van der Waals surface area contributed by atoms with Crippen molar-refractivity contribution in [2.75, 3.05) is 10.6 Å². The number of hydrogen-bond acceptors (Lipinski definition) is 6. The van der Waals surface area contributed by atoms with E-state index in [4.69, 9.17) is 20.7 Å². The first-order chi connectivity index (χ1) is 14.8. The molecule has 2 heterocycles. The highest BCUT2D eigenvalue weighted by molar-refractivity contribution is 5.86. The molecule has 0 saturated heterocycles. The summed E-state index contributed by atoms with van der Waals surface area (Å²) in [7, 11) is 0. The molecule has 7 nitrogen and oxygen atoms in total. The Kier molecular flexibility index (Phi) is 8.57. The van der Waals surface area contributed by atoms with Crippen LogP contribution in [0, 0.1) is 0 Å². The first-order valence-electron chi connectivity index (χ1n) is 11.3. The molecular formula is C23H33Cl2N7. The van der Waals surface area contributed by atoms with Crippen LogP contribution >= 0.6 is 24.8 Å². The normalized spacial score (nSPS) is 21.0. The molecule has 2 saturated carbocycles. The maximum Gasteiger partial charge on any atom is 0.227 e. The summed E-state index contributed by atoms with van der Waals surface area (Å²) in [6, 6.07) is 11.6. The Hall–Kier alpha value is -2.09. The lowest BCUT2D eigenvalue weighted by atomic mass is 9.92. The number of fused-ring (bicyclic) bond motifs is 1. The number of imidazole rings is 1. The average molecular weight is 478 g/mol. The summed E-state index contributed by atoms with van der Waals surface area (Å²) in [6.45, 7) is 0.709. The number of hydrogen-bond donors (Lipinski definition) is 3. The minimum absolute atomic E-state index is 0. The second-order valence-electron chi connectivity index (χ2n) is 8.75. The van der Waals surface area contributed by atoms with Crippen molar-refractivity contribution in [3.05, 3.63) is 42.2 Å². The van der Waals surface area contributed by atoms with Gasteiger partial charge in [0, 0.05) is 24.7 Å². The van der Waals surface area contributed by atoms with Gasteiger partial charge < -0.3 is 20.9 Å². The van der Waals surface area contributed by atoms with E-state index in [1.165, 1.54) is 31.2 Å². The van der Waals surface area contributed by atoms with Gasteiger partial charge in [0.15, 0.2) is 17.0 Å². The van der Waals surface area contributed by atoms with Gasteiger partial charge in [-0.25, -0.2) is 4.98 Å². The van der Waals surface area contributed by atoms with Crippen molar-refractivity contribution in [3.8, 4) is 0 Å². The second kappa shape index (κ2) is 11.2. The number of anilines is 2. The minimum atomic E-state index is 0. The number of nitrogens with two attached hydrogens (primary N) is 1. The molecule has 3 aromatic rings. The maximum atomic E-state index is 6.08. The van der Waals surface area contributed by atoms with Crippen molar-refractivity contribution >= 4 is 47.7 Å². The third-order valence-electron chi connectivity index (χ3n) is 6.55. The maximum absolute atomic E-state index is 6.08. The van der Waals surface area contributed by atoms with Crippen LogP contribution in [0.5, 0.6) is 0 Å². The molecule has 0 amide bonds. The molecule has 5 rings (SSSR count). The summed E-state index contributed by atoms with van der Waals surface area (Å²) in [5.41, 5.74) is 9.09. The van der Waals surface area contributed by atoms with E-state index in [-0.39, 0.29) is 24.8 Å². The number of aromatic nitrogens is 4. The molecule has 2 aromatic heterocycles. The van der Waals surface area contributed by atoms with Crippen LogP contribution in [0.3, 0.4) is 0 Å². The highest BCUT2D eigenvalue weighted by atomic mass is 35.5. The Morgan fingerprint density at radius 2 is 1.66 bits per heavy atom. The lowest BCUT2D eigenvalue weighted by molar-refractivity contribution is 0.410. The lowest BCUT2D eigenvalue weighted by Crippen LogP contribution is -2.33. The van der Waals surface area contributed by atoms with Crippen molar-refractivity contribution in [2.24, 2.45) is 5.73 Å². The number of benzene rings is 1. The summed E-state index contributed by atoms with van der Waals surface area (Å²) >= 11 is 0. The van der Waals surface area contributed by atoms with Gasteiger partial charge in [-0.05, 0) is 44.1 Å². The van der Waals surface area contributed by atoms with E-state index < -0.39 is 0 Å². The van der Waals surface area contributed by atoms with E-state index in [0.717, 1.165) is 42.7 Å². The van der Waals surface area contributed by atoms with Crippen LogP contribution in [0.1, 0.15) is 63.0 Å². The summed E-state index contributed by atoms with van der Waals surface area (Å²) in [6.07, 6.45) is 11.2. The van der Waals surface area contributed by atoms with Crippen LogP contribution < -0.4 is 16.4 Å². The third-order valence-corrected chi connectivity index (χ3v) is 6.55. The highest BCUT2D eigenvalue weighted by Gasteiger charge is 2.23. The van der Waals surface area contributed by atoms with Gasteiger partial charge in [0.05, 0.1) is 6.33 Å². The summed E-state index contributed by atoms with van der Waals surface area (Å²) in [4.78, 5) is 14.4. The zero-order chi connectivity index (χ0) is 20.3. The monoisotopic (exact) mass is 477 g/mol. The molecule has 0 aliphatic heterocycles. The van der Waals surface area contributed by atoms with E-state index in [1.807, 2.05) is 12.4 Å². The predicted octanol–water partition coefficient (Wildman–Crippen LogP) is 5.08. The first kappa shape index (κ1) is 24.6. The molecule has 2 aliphatic carbocycles. The standard InChI is InChI=1S/C23H31N7.2ClH/c24-17-10-12-18(13-11-17)27-23-28-21(25-14-16-6-2-1-3-7-16)20-22(29-23)30(15-26-20)19-8-4-5-9-19;;/h1-3,6-7,15,17-19H,4-5,8-14,24H2,(H2,25,27,28,29);2*1H. The van der Waals surface area contributed by atoms with Crippen LogP contribution in [-0.4, -0.2) is 31.6 Å². The molecule has 0 radical (unpaired) electrons. The minimum Gasteiger partial charge on any atom is -0.364 e. The molecule has 4 N–H and O–H groups in total. The fraction of sp³-hybridized carbons (Fsp3) is 0.522. The number of nitrogens with one attached hydrogen (secondary N) is 2. The van der Waals surface area contributed by atoms with Gasteiger partial charge in [0.1, 0.15) is 0 Å². The van der Waals surface area contributed by atoms with E-state index in [9.17, 15) is 0 Å². The molecule has 2 aliphatic rings. The number of rotatable bonds is 6. The van der Waals surface area contributed by atoms with E-state index in [1.54, 1.807) is 0 Å². The van der Waals surface area contributed by atoms with Crippen molar-refractivity contribution in [2.45, 2.75) is 76.0 Å². The Bertz CT molecular complexity index is 981. The van der Waals surface area contributed by atoms with E-state index >= 15 is 0 Å². The Morgan fingerprint density at radius 1 is 0.938 bits per heavy atom. The third kappa shape index (κ3) is 5.45. The van der Waals surface area contributed by atoms with Gasteiger partial charge >= 0.3 is 0 Å². The Morgan fingerprint density at radius 3 is 2.38 bits per heavy atom. The van der Waals surface area contributed by atoms with Crippen LogP contribution in [-0.2, 0) is 6.54 Å². The summed E-state index contributed by atoms with van der Waals surface area (Å²) < 4.78 is 2.26. The quantitative estimate of drug-likeness (QED) is 0.458. The van der Waals surface area contributed by atoms with Crippen molar-refractivity contribution < 1.29 is 0 Å². The van der Waals surface area contributed by atoms with Gasteiger partial charge in [-0.15, -0.1) is 24.8 Å². The van der Waals surface area contributed by atoms with Crippen LogP contribution in [0.2, 0.25) is 0 Å². The van der Waals surface area contributed by atoms with Crippen LogP contribution in [0.15, 0.2) is 36.7 Å². The zero-order valence-corrected chi connectivity index (χ0v) is 19.9. The Labute approximate surface area is 201 Å². The zero-order valence-electron chi connectivity index (χ0n) is 18.2. The average Bonchev–Trinajstić information content (AvgIpc) is 3.44. The number of nitrogens with zero attached hydrogens (tertiary/aromatic N) is 4. The molecule has 0 unspecified atom stereocenters. The largest absolute Gasteiger partial charge is 0.364 e. The molecule has 32 heavy (non-hydrogen) atoms. The van der Waals surface area contributed by atoms with E-state index in [2.05, 4.69) is 39.5 Å². The van der Waals surface area contributed by atoms with Crippen LogP contribution in [0.25, 0.3) is 11.2 Å². The van der Waals surface area contributed by atoms with Gasteiger partial charge in [-0.3, -0.25) is 0 Å². The molecule has 9 heteroatoms. The molecule has 2 fully saturated rings. The van der Waals surface area contributed by atoms with Crippen molar-refractivity contribution in [1.29, 1.82) is 0 Å². The summed E-state index contributed by atoms with van der Waals surface area (Å²) in [5.74, 6) is 1.49. The number of halogens is 2. The lowest BCUT2D eigenvalue weighted by Gasteiger charge is -2.27. The van der Waals surface area contributed by atoms with E-state index in [0.29, 0.717) is 30.6 Å². The summed E-state index contributed by atoms with van der Waals surface area (Å²) in [5, 5.41) is 7.09. The molecular weight excluding hydrogens is 445 g/mol. The molecule has 0 atom stereocenters. The SMILES string of the molecule is Cl.Cl.NC1CCC(Nc2nc(NCc3ccccc3)c3ncn(C4CCCC4)c3n2)CC1. The fourth-order valence-corrected chi connectivity index (χ4v) is 4.78. The Balaban J connectivity index is 0.00000144. The smallest absolute Gasteiger partial charge is 0.227 e. The fourth-order valence-electron chi connectivity index (χ4n) is 4.78. The van der Waals surface area contributed by atoms with Gasteiger partial charge in [0.25, 0.3) is 0 Å². The molecule has 1 aromatic carbocycles.